The lowest BCUT2D eigenvalue weighted by Gasteiger charge is -2.21. The highest BCUT2D eigenvalue weighted by Gasteiger charge is 2.25. The summed E-state index contributed by atoms with van der Waals surface area (Å²) < 4.78 is 5.96. The van der Waals surface area contributed by atoms with Crippen LogP contribution < -0.4 is 5.32 Å². The Morgan fingerprint density at radius 2 is 2.03 bits per heavy atom. The number of nitrogens with one attached hydrogen (secondary N) is 2. The Morgan fingerprint density at radius 1 is 1.19 bits per heavy atom. The number of nitrogens with zero attached hydrogens (tertiary/aromatic N) is 2. The van der Waals surface area contributed by atoms with E-state index in [1.54, 1.807) is 0 Å². The number of hydrogen-bond donors (Lipinski definition) is 2. The van der Waals surface area contributed by atoms with E-state index in [9.17, 15) is 0 Å². The van der Waals surface area contributed by atoms with Crippen molar-refractivity contribution in [1.29, 1.82) is 0 Å². The second-order valence-corrected chi connectivity index (χ2v) is 8.14. The van der Waals surface area contributed by atoms with Crippen molar-refractivity contribution in [3.63, 3.8) is 0 Å². The van der Waals surface area contributed by atoms with Crippen LogP contribution in [0.1, 0.15) is 23.1 Å². The van der Waals surface area contributed by atoms with E-state index in [-0.39, 0.29) is 24.0 Å². The molecule has 1 fully saturated rings. The first-order valence-corrected chi connectivity index (χ1v) is 10.9. The van der Waals surface area contributed by atoms with Crippen LogP contribution in [-0.4, -0.2) is 49.1 Å². The van der Waals surface area contributed by atoms with E-state index >= 15 is 0 Å². The van der Waals surface area contributed by atoms with E-state index < -0.39 is 0 Å². The Bertz CT molecular complexity index is 986. The average molecular weight is 532 g/mol. The van der Waals surface area contributed by atoms with Gasteiger partial charge in [-0.1, -0.05) is 42.5 Å². The van der Waals surface area contributed by atoms with Gasteiger partial charge in [0.2, 0.25) is 0 Å². The van der Waals surface area contributed by atoms with Crippen LogP contribution in [0.4, 0.5) is 0 Å². The number of fused-ring (bicyclic) bond motifs is 1. The van der Waals surface area contributed by atoms with Gasteiger partial charge in [0.25, 0.3) is 0 Å². The molecule has 31 heavy (non-hydrogen) atoms. The van der Waals surface area contributed by atoms with Crippen molar-refractivity contribution in [2.45, 2.75) is 26.4 Å². The molecule has 166 valence electrons. The Labute approximate surface area is 202 Å². The third kappa shape index (κ3) is 6.01. The number of likely N-dealkylation sites (tertiary alicyclic amines) is 1. The van der Waals surface area contributed by atoms with Crippen molar-refractivity contribution in [3.05, 3.63) is 71.4 Å². The van der Waals surface area contributed by atoms with Crippen molar-refractivity contribution in [1.82, 2.24) is 15.2 Å². The molecule has 0 amide bonds. The monoisotopic (exact) mass is 532 g/mol. The van der Waals surface area contributed by atoms with Crippen molar-refractivity contribution in [2.75, 3.05) is 33.3 Å². The first-order chi connectivity index (χ1) is 14.7. The van der Waals surface area contributed by atoms with Crippen LogP contribution >= 0.6 is 24.0 Å². The molecule has 1 aromatic heterocycles. The van der Waals surface area contributed by atoms with Crippen molar-refractivity contribution < 1.29 is 4.74 Å². The molecular formula is C25H33IN4O. The van der Waals surface area contributed by atoms with E-state index in [4.69, 9.17) is 4.74 Å². The predicted molar refractivity (Wildman–Crippen MR) is 139 cm³/mol. The molecule has 2 heterocycles. The summed E-state index contributed by atoms with van der Waals surface area (Å²) in [4.78, 5) is 10.3. The molecule has 0 saturated carbocycles. The Hall–Kier alpha value is -2.06. The second kappa shape index (κ2) is 11.5. The molecule has 5 nitrogen and oxygen atoms in total. The van der Waals surface area contributed by atoms with Gasteiger partial charge in [-0.25, -0.2) is 0 Å². The maximum atomic E-state index is 5.96. The number of ether oxygens (including phenoxy) is 1. The summed E-state index contributed by atoms with van der Waals surface area (Å²) >= 11 is 0. The molecule has 0 bridgehead atoms. The summed E-state index contributed by atoms with van der Waals surface area (Å²) in [6.07, 6.45) is 4.26. The standard InChI is InChI=1S/C25H32N4O.HI/c1-19-7-6-10-23-24(19)22(15-28-23)11-13-27-25(26-2)29-14-12-21(16-29)18-30-17-20-8-4-3-5-9-20;/h3-10,15,21,28H,11-14,16-18H2,1-2H3,(H,26,27);1H. The minimum atomic E-state index is 0. The predicted octanol–water partition coefficient (Wildman–Crippen LogP) is 4.75. The molecule has 0 spiro atoms. The molecule has 0 radical (unpaired) electrons. The normalized spacial score (nSPS) is 16.5. The molecule has 4 rings (SSSR count). The van der Waals surface area contributed by atoms with E-state index in [2.05, 4.69) is 75.8 Å². The summed E-state index contributed by atoms with van der Waals surface area (Å²) in [6.45, 7) is 6.58. The molecule has 1 unspecified atom stereocenters. The fourth-order valence-corrected chi connectivity index (χ4v) is 4.37. The number of benzene rings is 2. The van der Waals surface area contributed by atoms with Gasteiger partial charge in [-0.05, 0) is 42.5 Å². The number of aromatic amines is 1. The Balaban J connectivity index is 0.00000272. The van der Waals surface area contributed by atoms with Gasteiger partial charge in [-0.2, -0.15) is 0 Å². The lowest BCUT2D eigenvalue weighted by molar-refractivity contribution is 0.0907. The second-order valence-electron chi connectivity index (χ2n) is 8.14. The molecule has 2 N–H and O–H groups in total. The number of rotatable bonds is 7. The number of guanidine groups is 1. The number of hydrogen-bond acceptors (Lipinski definition) is 2. The summed E-state index contributed by atoms with van der Waals surface area (Å²) in [6, 6.07) is 16.8. The van der Waals surface area contributed by atoms with Gasteiger partial charge in [-0.15, -0.1) is 24.0 Å². The largest absolute Gasteiger partial charge is 0.376 e. The average Bonchev–Trinajstić information content (AvgIpc) is 3.40. The molecule has 3 aromatic rings. The number of aromatic nitrogens is 1. The van der Waals surface area contributed by atoms with Crippen LogP contribution in [0.15, 0.2) is 59.7 Å². The van der Waals surface area contributed by atoms with Crippen LogP contribution in [0, 0.1) is 12.8 Å². The fraction of sp³-hybridized carbons (Fsp3) is 0.400. The molecular weight excluding hydrogens is 499 g/mol. The first-order valence-electron chi connectivity index (χ1n) is 10.9. The third-order valence-corrected chi connectivity index (χ3v) is 5.94. The highest BCUT2D eigenvalue weighted by atomic mass is 127. The van der Waals surface area contributed by atoms with Gasteiger partial charge in [-0.3, -0.25) is 4.99 Å². The third-order valence-electron chi connectivity index (χ3n) is 5.94. The summed E-state index contributed by atoms with van der Waals surface area (Å²) in [7, 11) is 1.87. The highest BCUT2D eigenvalue weighted by Crippen LogP contribution is 2.22. The molecule has 1 saturated heterocycles. The van der Waals surface area contributed by atoms with Crippen molar-refractivity contribution in [2.24, 2.45) is 10.9 Å². The van der Waals surface area contributed by atoms with Gasteiger partial charge in [0.1, 0.15) is 0 Å². The van der Waals surface area contributed by atoms with Gasteiger partial charge in [0.15, 0.2) is 5.96 Å². The van der Waals surface area contributed by atoms with Crippen molar-refractivity contribution >= 4 is 40.8 Å². The van der Waals surface area contributed by atoms with E-state index in [1.807, 2.05) is 13.1 Å². The first kappa shape index (κ1) is 23.6. The van der Waals surface area contributed by atoms with E-state index in [0.717, 1.165) is 45.0 Å². The number of halogens is 1. The fourth-order valence-electron chi connectivity index (χ4n) is 4.37. The Morgan fingerprint density at radius 3 is 2.84 bits per heavy atom. The maximum Gasteiger partial charge on any atom is 0.193 e. The lowest BCUT2D eigenvalue weighted by atomic mass is 10.1. The van der Waals surface area contributed by atoms with Crippen LogP contribution in [0.3, 0.4) is 0 Å². The number of aryl methyl sites for hydroxylation is 1. The zero-order chi connectivity index (χ0) is 20.8. The van der Waals surface area contributed by atoms with E-state index in [0.29, 0.717) is 12.5 Å². The smallest absolute Gasteiger partial charge is 0.193 e. The maximum absolute atomic E-state index is 5.96. The lowest BCUT2D eigenvalue weighted by Crippen LogP contribution is -2.41. The van der Waals surface area contributed by atoms with Crippen LogP contribution in [-0.2, 0) is 17.8 Å². The SMILES string of the molecule is CN=C(NCCc1c[nH]c2cccc(C)c12)N1CCC(COCc2ccccc2)C1.I. The minimum Gasteiger partial charge on any atom is -0.376 e. The molecule has 6 heteroatoms. The summed E-state index contributed by atoms with van der Waals surface area (Å²) in [5, 5.41) is 4.91. The topological polar surface area (TPSA) is 52.7 Å². The number of aliphatic imine (C=N–C) groups is 1. The molecule has 0 aliphatic carbocycles. The van der Waals surface area contributed by atoms with Crippen LogP contribution in [0.5, 0.6) is 0 Å². The minimum absolute atomic E-state index is 0. The Kier molecular flexibility index (Phi) is 8.78. The van der Waals surface area contributed by atoms with Crippen molar-refractivity contribution in [3.8, 4) is 0 Å². The zero-order valence-corrected chi connectivity index (χ0v) is 20.8. The molecule has 1 aliphatic heterocycles. The highest BCUT2D eigenvalue weighted by molar-refractivity contribution is 14.0. The van der Waals surface area contributed by atoms with Crippen LogP contribution in [0.2, 0.25) is 0 Å². The van der Waals surface area contributed by atoms with Gasteiger partial charge in [0, 0.05) is 49.7 Å². The molecule has 1 atom stereocenters. The van der Waals surface area contributed by atoms with Crippen LogP contribution in [0.25, 0.3) is 10.9 Å². The van der Waals surface area contributed by atoms with Gasteiger partial charge < -0.3 is 19.9 Å². The number of H-pyrrole nitrogens is 1. The van der Waals surface area contributed by atoms with Gasteiger partial charge in [0.05, 0.1) is 13.2 Å². The van der Waals surface area contributed by atoms with E-state index in [1.165, 1.54) is 27.6 Å². The van der Waals surface area contributed by atoms with Gasteiger partial charge >= 0.3 is 0 Å². The zero-order valence-electron chi connectivity index (χ0n) is 18.4. The molecule has 1 aliphatic rings. The quantitative estimate of drug-likeness (QED) is 0.263. The molecule has 2 aromatic carbocycles. The summed E-state index contributed by atoms with van der Waals surface area (Å²) in [5.41, 5.74) is 5.13. The summed E-state index contributed by atoms with van der Waals surface area (Å²) in [5.74, 6) is 1.56.